The van der Waals surface area contributed by atoms with Gasteiger partial charge in [-0.15, -0.1) is 0 Å². The lowest BCUT2D eigenvalue weighted by Gasteiger charge is -2.26. The smallest absolute Gasteiger partial charge is 0.264 e. The molecule has 7 heteroatoms. The molecule has 0 unspecified atom stereocenters. The third kappa shape index (κ3) is 8.15. The second-order valence-electron chi connectivity index (χ2n) is 9.57. The van der Waals surface area contributed by atoms with E-state index in [-0.39, 0.29) is 24.2 Å². The number of carbonyl (C=O) groups is 2. The molecule has 38 heavy (non-hydrogen) atoms. The van der Waals surface area contributed by atoms with Crippen LogP contribution in [-0.2, 0) is 17.8 Å². The second-order valence-corrected chi connectivity index (χ2v) is 9.57. The number of hydrogen-bond donors (Lipinski definition) is 2. The summed E-state index contributed by atoms with van der Waals surface area (Å²) in [6.45, 7) is 2.45. The second kappa shape index (κ2) is 14.3. The van der Waals surface area contributed by atoms with Gasteiger partial charge in [0.2, 0.25) is 0 Å². The number of hydrogen-bond acceptors (Lipinski definition) is 4. The SMILES string of the molecule is O=C(NCCc1ccc(F)cc1)c1ccc2c(c1)CNCCCCCCCN2C(=O)COc1ccccc1. The molecule has 0 radical (unpaired) electrons. The molecule has 3 aromatic carbocycles. The molecule has 0 aromatic heterocycles. The fourth-order valence-electron chi connectivity index (χ4n) is 4.60. The minimum Gasteiger partial charge on any atom is -0.484 e. The molecule has 0 saturated heterocycles. The molecule has 3 aromatic rings. The van der Waals surface area contributed by atoms with Crippen molar-refractivity contribution in [1.82, 2.24) is 10.6 Å². The van der Waals surface area contributed by atoms with Crippen molar-refractivity contribution in [3.8, 4) is 5.75 Å². The van der Waals surface area contributed by atoms with Gasteiger partial charge in [-0.3, -0.25) is 9.59 Å². The van der Waals surface area contributed by atoms with Crippen LogP contribution in [0, 0.1) is 5.82 Å². The van der Waals surface area contributed by atoms with E-state index in [2.05, 4.69) is 10.6 Å². The van der Waals surface area contributed by atoms with E-state index >= 15 is 0 Å². The Hall–Kier alpha value is -3.71. The summed E-state index contributed by atoms with van der Waals surface area (Å²) in [5.41, 5.74) is 3.22. The fraction of sp³-hybridized carbons (Fsp3) is 0.355. The average Bonchev–Trinajstić information content (AvgIpc) is 2.93. The number of benzene rings is 3. The van der Waals surface area contributed by atoms with E-state index < -0.39 is 0 Å². The van der Waals surface area contributed by atoms with Gasteiger partial charge in [0.25, 0.3) is 11.8 Å². The summed E-state index contributed by atoms with van der Waals surface area (Å²) >= 11 is 0. The van der Waals surface area contributed by atoms with Crippen molar-refractivity contribution < 1.29 is 18.7 Å². The topological polar surface area (TPSA) is 70.7 Å². The first-order valence-electron chi connectivity index (χ1n) is 13.4. The zero-order valence-corrected chi connectivity index (χ0v) is 21.8. The van der Waals surface area contributed by atoms with Gasteiger partial charge in [-0.1, -0.05) is 49.6 Å². The molecule has 200 valence electrons. The summed E-state index contributed by atoms with van der Waals surface area (Å²) < 4.78 is 18.9. The van der Waals surface area contributed by atoms with Gasteiger partial charge < -0.3 is 20.3 Å². The van der Waals surface area contributed by atoms with Crippen LogP contribution in [0.25, 0.3) is 0 Å². The third-order valence-corrected chi connectivity index (χ3v) is 6.70. The molecule has 0 aliphatic carbocycles. The molecule has 0 bridgehead atoms. The van der Waals surface area contributed by atoms with Crippen LogP contribution in [-0.4, -0.2) is 38.1 Å². The molecule has 4 rings (SSSR count). The lowest BCUT2D eigenvalue weighted by atomic mass is 10.0. The van der Waals surface area contributed by atoms with Gasteiger partial charge in [0, 0.05) is 30.9 Å². The Morgan fingerprint density at radius 1 is 0.921 bits per heavy atom. The van der Waals surface area contributed by atoms with Gasteiger partial charge in [-0.25, -0.2) is 4.39 Å². The summed E-state index contributed by atoms with van der Waals surface area (Å²) in [5.74, 6) is 0.101. The predicted molar refractivity (Wildman–Crippen MR) is 148 cm³/mol. The average molecular weight is 518 g/mol. The van der Waals surface area contributed by atoms with Crippen LogP contribution in [0.2, 0.25) is 0 Å². The number of fused-ring (bicyclic) bond motifs is 1. The zero-order chi connectivity index (χ0) is 26.6. The van der Waals surface area contributed by atoms with Gasteiger partial charge in [-0.2, -0.15) is 0 Å². The molecule has 0 atom stereocenters. The monoisotopic (exact) mass is 517 g/mol. The first-order valence-corrected chi connectivity index (χ1v) is 13.4. The summed E-state index contributed by atoms with van der Waals surface area (Å²) in [5, 5.41) is 6.44. The van der Waals surface area contributed by atoms with E-state index in [0.29, 0.717) is 37.4 Å². The van der Waals surface area contributed by atoms with Crippen molar-refractivity contribution in [2.75, 3.05) is 31.1 Å². The number of rotatable bonds is 7. The standard InChI is InChI=1S/C31H36FN3O3/c32-27-14-11-24(12-15-27)17-19-34-31(37)25-13-16-29-26(21-25)22-33-18-7-2-1-3-8-20-35(29)30(36)23-38-28-9-5-4-6-10-28/h4-6,9-16,21,33H,1-3,7-8,17-20,22-23H2,(H,34,37). The molecule has 0 saturated carbocycles. The van der Waals surface area contributed by atoms with Gasteiger partial charge >= 0.3 is 0 Å². The predicted octanol–water partition coefficient (Wildman–Crippen LogP) is 5.26. The number of para-hydroxylation sites is 1. The maximum atomic E-state index is 13.3. The Labute approximate surface area is 224 Å². The van der Waals surface area contributed by atoms with E-state index in [9.17, 15) is 14.0 Å². The van der Waals surface area contributed by atoms with E-state index in [0.717, 1.165) is 55.5 Å². The summed E-state index contributed by atoms with van der Waals surface area (Å²) in [4.78, 5) is 28.1. The summed E-state index contributed by atoms with van der Waals surface area (Å²) in [6.07, 6.45) is 5.99. The highest BCUT2D eigenvalue weighted by Crippen LogP contribution is 2.25. The fourth-order valence-corrected chi connectivity index (χ4v) is 4.60. The maximum absolute atomic E-state index is 13.3. The van der Waals surface area contributed by atoms with Gasteiger partial charge in [0.05, 0.1) is 0 Å². The normalized spacial score (nSPS) is 14.5. The van der Waals surface area contributed by atoms with Crippen LogP contribution in [0.4, 0.5) is 10.1 Å². The highest BCUT2D eigenvalue weighted by molar-refractivity contribution is 5.98. The third-order valence-electron chi connectivity index (χ3n) is 6.70. The van der Waals surface area contributed by atoms with Crippen LogP contribution < -0.4 is 20.3 Å². The van der Waals surface area contributed by atoms with E-state index in [4.69, 9.17) is 4.74 Å². The molecule has 1 aliphatic heterocycles. The van der Waals surface area contributed by atoms with E-state index in [1.807, 2.05) is 42.5 Å². The van der Waals surface area contributed by atoms with Crippen molar-refractivity contribution >= 4 is 17.5 Å². The Kier molecular flexibility index (Phi) is 10.3. The lowest BCUT2D eigenvalue weighted by molar-refractivity contribution is -0.120. The quantitative estimate of drug-likeness (QED) is 0.448. The van der Waals surface area contributed by atoms with E-state index in [1.165, 1.54) is 12.1 Å². The minimum absolute atomic E-state index is 0.0531. The Bertz CT molecular complexity index is 1180. The Morgan fingerprint density at radius 3 is 2.50 bits per heavy atom. The molecular formula is C31H36FN3O3. The summed E-state index contributed by atoms with van der Waals surface area (Å²) in [6, 6.07) is 21.2. The number of ether oxygens (including phenoxy) is 1. The van der Waals surface area contributed by atoms with Crippen LogP contribution in [0.5, 0.6) is 5.75 Å². The molecule has 1 heterocycles. The highest BCUT2D eigenvalue weighted by atomic mass is 19.1. The van der Waals surface area contributed by atoms with Crippen molar-refractivity contribution in [1.29, 1.82) is 0 Å². The van der Waals surface area contributed by atoms with Crippen molar-refractivity contribution in [2.24, 2.45) is 0 Å². The number of carbonyl (C=O) groups excluding carboxylic acids is 2. The molecule has 6 nitrogen and oxygen atoms in total. The number of amides is 2. The Balaban J connectivity index is 1.48. The molecule has 0 spiro atoms. The minimum atomic E-state index is -0.274. The van der Waals surface area contributed by atoms with Crippen molar-refractivity contribution in [2.45, 2.75) is 45.1 Å². The largest absolute Gasteiger partial charge is 0.484 e. The van der Waals surface area contributed by atoms with Crippen molar-refractivity contribution in [3.63, 3.8) is 0 Å². The van der Waals surface area contributed by atoms with Crippen LogP contribution in [0.15, 0.2) is 72.8 Å². The number of halogens is 1. The zero-order valence-electron chi connectivity index (χ0n) is 21.8. The molecular weight excluding hydrogens is 481 g/mol. The Morgan fingerprint density at radius 2 is 1.68 bits per heavy atom. The number of anilines is 1. The van der Waals surface area contributed by atoms with Crippen LogP contribution in [0.3, 0.4) is 0 Å². The van der Waals surface area contributed by atoms with Crippen LogP contribution >= 0.6 is 0 Å². The maximum Gasteiger partial charge on any atom is 0.264 e. The number of nitrogens with one attached hydrogen (secondary N) is 2. The van der Waals surface area contributed by atoms with Gasteiger partial charge in [0.1, 0.15) is 11.6 Å². The van der Waals surface area contributed by atoms with E-state index in [1.54, 1.807) is 23.1 Å². The first-order chi connectivity index (χ1) is 18.6. The first kappa shape index (κ1) is 27.3. The molecule has 1 aliphatic rings. The lowest BCUT2D eigenvalue weighted by Crippen LogP contribution is -2.37. The number of nitrogens with zero attached hydrogens (tertiary/aromatic N) is 1. The molecule has 0 fully saturated rings. The molecule has 2 N–H and O–H groups in total. The van der Waals surface area contributed by atoms with Gasteiger partial charge in [-0.05, 0) is 79.4 Å². The summed E-state index contributed by atoms with van der Waals surface area (Å²) in [7, 11) is 0. The van der Waals surface area contributed by atoms with Crippen LogP contribution in [0.1, 0.15) is 53.6 Å². The molecule has 2 amide bonds. The van der Waals surface area contributed by atoms with Crippen molar-refractivity contribution in [3.05, 3.63) is 95.3 Å². The van der Waals surface area contributed by atoms with Gasteiger partial charge in [0.15, 0.2) is 6.61 Å². The highest BCUT2D eigenvalue weighted by Gasteiger charge is 2.21.